The highest BCUT2D eigenvalue weighted by atomic mass is 16.6. The third-order valence-electron chi connectivity index (χ3n) is 3.66. The van der Waals surface area contributed by atoms with E-state index in [9.17, 15) is 14.9 Å². The van der Waals surface area contributed by atoms with E-state index >= 15 is 0 Å². The maximum Gasteiger partial charge on any atom is 0.415 e. The van der Waals surface area contributed by atoms with Crippen LogP contribution in [-0.4, -0.2) is 28.0 Å². The first kappa shape index (κ1) is 14.3. The Bertz CT molecular complexity index is 490. The molecule has 0 spiro atoms. The van der Waals surface area contributed by atoms with Crippen molar-refractivity contribution in [3.63, 3.8) is 0 Å². The van der Waals surface area contributed by atoms with Gasteiger partial charge in [-0.1, -0.05) is 0 Å². The molecule has 1 amide bonds. The fourth-order valence-corrected chi connectivity index (χ4v) is 2.57. The maximum atomic E-state index is 12.2. The van der Waals surface area contributed by atoms with Crippen molar-refractivity contribution in [1.82, 2.24) is 4.90 Å². The molecule has 0 radical (unpaired) electrons. The van der Waals surface area contributed by atoms with Crippen LogP contribution in [0.2, 0.25) is 0 Å². The zero-order valence-electron chi connectivity index (χ0n) is 11.6. The lowest BCUT2D eigenvalue weighted by atomic mass is 9.98. The Morgan fingerprint density at radius 3 is 2.30 bits per heavy atom. The molecule has 1 aliphatic heterocycles. The molecule has 20 heavy (non-hydrogen) atoms. The summed E-state index contributed by atoms with van der Waals surface area (Å²) in [5.41, 5.74) is -0.0236. The third-order valence-corrected chi connectivity index (χ3v) is 3.66. The fraction of sp³-hybridized carbons (Fsp3) is 0.500. The van der Waals surface area contributed by atoms with Crippen molar-refractivity contribution in [2.24, 2.45) is 0 Å². The van der Waals surface area contributed by atoms with Gasteiger partial charge in [-0.3, -0.25) is 10.1 Å². The number of carbonyl (C=O) groups is 1. The van der Waals surface area contributed by atoms with Gasteiger partial charge in [0.2, 0.25) is 0 Å². The van der Waals surface area contributed by atoms with E-state index in [1.807, 2.05) is 13.8 Å². The molecule has 2 atom stereocenters. The maximum absolute atomic E-state index is 12.2. The van der Waals surface area contributed by atoms with Gasteiger partial charge in [-0.05, 0) is 45.2 Å². The number of nitro benzene ring substituents is 1. The highest BCUT2D eigenvalue weighted by Gasteiger charge is 2.30. The monoisotopic (exact) mass is 278 g/mol. The van der Waals surface area contributed by atoms with Crippen molar-refractivity contribution < 1.29 is 14.5 Å². The number of amides is 1. The molecule has 0 aromatic heterocycles. The first-order chi connectivity index (χ1) is 9.49. The normalized spacial score (nSPS) is 22.4. The second kappa shape index (κ2) is 5.90. The fourth-order valence-electron chi connectivity index (χ4n) is 2.57. The minimum atomic E-state index is -0.486. The highest BCUT2D eigenvalue weighted by molar-refractivity contribution is 5.71. The number of nitrogens with zero attached hydrogens (tertiary/aromatic N) is 2. The van der Waals surface area contributed by atoms with Gasteiger partial charge in [-0.15, -0.1) is 0 Å². The molecular formula is C14H18N2O4. The predicted octanol–water partition coefficient (Wildman–Crippen LogP) is 3.36. The van der Waals surface area contributed by atoms with Crippen LogP contribution in [0.3, 0.4) is 0 Å². The van der Waals surface area contributed by atoms with Crippen molar-refractivity contribution in [1.29, 1.82) is 0 Å². The van der Waals surface area contributed by atoms with Crippen LogP contribution in [0.1, 0.15) is 33.1 Å². The molecule has 1 fully saturated rings. The topological polar surface area (TPSA) is 72.7 Å². The Morgan fingerprint density at radius 1 is 1.25 bits per heavy atom. The zero-order valence-corrected chi connectivity index (χ0v) is 11.6. The average Bonchev–Trinajstić information content (AvgIpc) is 2.39. The zero-order chi connectivity index (χ0) is 14.7. The van der Waals surface area contributed by atoms with Crippen LogP contribution in [0.5, 0.6) is 5.75 Å². The summed E-state index contributed by atoms with van der Waals surface area (Å²) in [5, 5.41) is 10.6. The molecule has 0 N–H and O–H groups in total. The molecule has 0 aliphatic carbocycles. The Balaban J connectivity index is 2.05. The van der Waals surface area contributed by atoms with Gasteiger partial charge in [0.1, 0.15) is 5.75 Å². The van der Waals surface area contributed by atoms with Gasteiger partial charge in [0, 0.05) is 24.2 Å². The van der Waals surface area contributed by atoms with E-state index in [1.54, 1.807) is 4.90 Å². The number of carbonyl (C=O) groups excluding carboxylic acids is 1. The highest BCUT2D eigenvalue weighted by Crippen LogP contribution is 2.24. The van der Waals surface area contributed by atoms with Crippen LogP contribution in [-0.2, 0) is 0 Å². The molecule has 6 nitrogen and oxygen atoms in total. The van der Waals surface area contributed by atoms with Crippen molar-refractivity contribution in [2.75, 3.05) is 0 Å². The summed E-state index contributed by atoms with van der Waals surface area (Å²) in [7, 11) is 0. The summed E-state index contributed by atoms with van der Waals surface area (Å²) in [4.78, 5) is 24.0. The molecule has 0 bridgehead atoms. The van der Waals surface area contributed by atoms with Gasteiger partial charge >= 0.3 is 6.09 Å². The molecule has 1 aliphatic rings. The van der Waals surface area contributed by atoms with Gasteiger partial charge in [-0.25, -0.2) is 4.79 Å². The molecule has 0 saturated carbocycles. The number of benzene rings is 1. The van der Waals surface area contributed by atoms with E-state index in [-0.39, 0.29) is 17.8 Å². The predicted molar refractivity (Wildman–Crippen MR) is 73.7 cm³/mol. The summed E-state index contributed by atoms with van der Waals surface area (Å²) in [6.45, 7) is 4.01. The molecule has 1 aromatic rings. The Morgan fingerprint density at radius 2 is 1.80 bits per heavy atom. The van der Waals surface area contributed by atoms with Gasteiger partial charge in [0.05, 0.1) is 4.92 Å². The largest absolute Gasteiger partial charge is 0.415 e. The lowest BCUT2D eigenvalue weighted by Gasteiger charge is -2.37. The second-order valence-electron chi connectivity index (χ2n) is 5.16. The van der Waals surface area contributed by atoms with Crippen molar-refractivity contribution in [3.05, 3.63) is 34.4 Å². The van der Waals surface area contributed by atoms with Crippen molar-refractivity contribution in [2.45, 2.75) is 45.2 Å². The third kappa shape index (κ3) is 3.07. The van der Waals surface area contributed by atoms with E-state index in [4.69, 9.17) is 4.74 Å². The van der Waals surface area contributed by atoms with Gasteiger partial charge in [0.25, 0.3) is 5.69 Å². The molecular weight excluding hydrogens is 260 g/mol. The average molecular weight is 278 g/mol. The van der Waals surface area contributed by atoms with E-state index in [0.29, 0.717) is 5.75 Å². The molecule has 1 aromatic carbocycles. The summed E-state index contributed by atoms with van der Waals surface area (Å²) in [6, 6.07) is 5.84. The van der Waals surface area contributed by atoms with Crippen LogP contribution in [0, 0.1) is 10.1 Å². The van der Waals surface area contributed by atoms with Crippen molar-refractivity contribution >= 4 is 11.8 Å². The first-order valence-corrected chi connectivity index (χ1v) is 6.73. The molecule has 1 saturated heterocycles. The van der Waals surface area contributed by atoms with Crippen LogP contribution >= 0.6 is 0 Å². The van der Waals surface area contributed by atoms with Crippen molar-refractivity contribution in [3.8, 4) is 5.75 Å². The lowest BCUT2D eigenvalue weighted by Crippen LogP contribution is -2.48. The quantitative estimate of drug-likeness (QED) is 0.614. The lowest BCUT2D eigenvalue weighted by molar-refractivity contribution is -0.384. The van der Waals surface area contributed by atoms with E-state index in [2.05, 4.69) is 0 Å². The molecule has 6 heteroatoms. The van der Waals surface area contributed by atoms with Crippen LogP contribution < -0.4 is 4.74 Å². The Kier molecular flexibility index (Phi) is 4.22. The van der Waals surface area contributed by atoms with Crippen LogP contribution in [0.25, 0.3) is 0 Å². The van der Waals surface area contributed by atoms with Crippen LogP contribution in [0.15, 0.2) is 24.3 Å². The number of likely N-dealkylation sites (tertiary alicyclic amines) is 1. The van der Waals surface area contributed by atoms with Gasteiger partial charge in [-0.2, -0.15) is 0 Å². The Hall–Kier alpha value is -2.11. The molecule has 2 unspecified atom stereocenters. The number of rotatable bonds is 2. The van der Waals surface area contributed by atoms with E-state index < -0.39 is 11.0 Å². The Labute approximate surface area is 117 Å². The van der Waals surface area contributed by atoms with E-state index in [1.165, 1.54) is 24.3 Å². The summed E-state index contributed by atoms with van der Waals surface area (Å²) >= 11 is 0. The summed E-state index contributed by atoms with van der Waals surface area (Å²) < 4.78 is 5.29. The number of hydrogen-bond acceptors (Lipinski definition) is 4. The second-order valence-corrected chi connectivity index (χ2v) is 5.16. The molecule has 1 heterocycles. The van der Waals surface area contributed by atoms with Gasteiger partial charge < -0.3 is 9.64 Å². The van der Waals surface area contributed by atoms with E-state index in [0.717, 1.165) is 19.3 Å². The number of hydrogen-bond donors (Lipinski definition) is 0. The smallest absolute Gasteiger partial charge is 0.410 e. The molecule has 108 valence electrons. The SMILES string of the molecule is CC1CCCC(C)N1C(=O)Oc1ccc([N+](=O)[O-])cc1. The minimum Gasteiger partial charge on any atom is -0.410 e. The summed E-state index contributed by atoms with van der Waals surface area (Å²) in [6.07, 6.45) is 2.67. The van der Waals surface area contributed by atoms with Crippen LogP contribution in [0.4, 0.5) is 10.5 Å². The summed E-state index contributed by atoms with van der Waals surface area (Å²) in [5.74, 6) is 0.325. The minimum absolute atomic E-state index is 0.0236. The standard InChI is InChI=1S/C14H18N2O4/c1-10-4-3-5-11(2)15(10)14(17)20-13-8-6-12(7-9-13)16(18)19/h6-11H,3-5H2,1-2H3. The number of piperidine rings is 1. The number of ether oxygens (including phenoxy) is 1. The number of non-ortho nitro benzene ring substituents is 1. The molecule has 2 rings (SSSR count). The first-order valence-electron chi connectivity index (χ1n) is 6.73. The van der Waals surface area contributed by atoms with Gasteiger partial charge in [0.15, 0.2) is 0 Å². The number of nitro groups is 1.